The van der Waals surface area contributed by atoms with Crippen LogP contribution in [0.15, 0.2) is 54.6 Å². The van der Waals surface area contributed by atoms with E-state index >= 15 is 0 Å². The largest absolute Gasteiger partial charge is 0.352 e. The fourth-order valence-electron chi connectivity index (χ4n) is 3.26. The molecule has 180 valence electrons. The van der Waals surface area contributed by atoms with Gasteiger partial charge in [-0.1, -0.05) is 37.3 Å². The molecule has 0 fully saturated rings. The van der Waals surface area contributed by atoms with Gasteiger partial charge in [0.1, 0.15) is 18.4 Å². The van der Waals surface area contributed by atoms with Gasteiger partial charge in [-0.3, -0.25) is 13.9 Å². The van der Waals surface area contributed by atoms with Gasteiger partial charge in [0, 0.05) is 12.6 Å². The molecule has 2 rings (SSSR count). The van der Waals surface area contributed by atoms with Crippen LogP contribution in [-0.4, -0.2) is 56.6 Å². The molecule has 0 saturated carbocycles. The van der Waals surface area contributed by atoms with Gasteiger partial charge in [0.25, 0.3) is 0 Å². The first-order valence-corrected chi connectivity index (χ1v) is 12.7. The van der Waals surface area contributed by atoms with Crippen molar-refractivity contribution in [1.82, 2.24) is 10.2 Å². The number of carbonyl (C=O) groups excluding carboxylic acids is 2. The minimum Gasteiger partial charge on any atom is -0.352 e. The van der Waals surface area contributed by atoms with Crippen molar-refractivity contribution >= 4 is 27.5 Å². The van der Waals surface area contributed by atoms with Gasteiger partial charge in [0.2, 0.25) is 21.8 Å². The number of rotatable bonds is 11. The fourth-order valence-corrected chi connectivity index (χ4v) is 4.11. The lowest BCUT2D eigenvalue weighted by molar-refractivity contribution is -0.139. The second-order valence-electron chi connectivity index (χ2n) is 8.06. The molecule has 0 aliphatic heterocycles. The van der Waals surface area contributed by atoms with Gasteiger partial charge in [-0.05, 0) is 56.5 Å². The Hall–Kier alpha value is -2.94. The normalized spacial score (nSPS) is 13.1. The zero-order valence-corrected chi connectivity index (χ0v) is 20.3. The summed E-state index contributed by atoms with van der Waals surface area (Å²) in [5.74, 6) is -1.34. The monoisotopic (exact) mass is 477 g/mol. The number of amides is 2. The molecule has 2 atom stereocenters. The molecule has 2 aromatic rings. The highest BCUT2D eigenvalue weighted by molar-refractivity contribution is 7.92. The Bertz CT molecular complexity index is 1030. The van der Waals surface area contributed by atoms with Crippen LogP contribution in [0.4, 0.5) is 10.1 Å². The highest BCUT2D eigenvalue weighted by Crippen LogP contribution is 2.19. The van der Waals surface area contributed by atoms with Gasteiger partial charge < -0.3 is 10.2 Å². The average Bonchev–Trinajstić information content (AvgIpc) is 2.78. The van der Waals surface area contributed by atoms with Crippen LogP contribution in [0.2, 0.25) is 0 Å². The number of carbonyl (C=O) groups is 2. The summed E-state index contributed by atoms with van der Waals surface area (Å²) in [7, 11) is -3.83. The Morgan fingerprint density at radius 3 is 2.18 bits per heavy atom. The summed E-state index contributed by atoms with van der Waals surface area (Å²) in [6.07, 6.45) is 2.23. The van der Waals surface area contributed by atoms with Crippen molar-refractivity contribution in [2.24, 2.45) is 0 Å². The van der Waals surface area contributed by atoms with Crippen LogP contribution in [0.3, 0.4) is 0 Å². The molecule has 7 nitrogen and oxygen atoms in total. The smallest absolute Gasteiger partial charge is 0.244 e. The van der Waals surface area contributed by atoms with E-state index in [0.29, 0.717) is 6.42 Å². The van der Waals surface area contributed by atoms with E-state index in [4.69, 9.17) is 0 Å². The maximum Gasteiger partial charge on any atom is 0.244 e. The van der Waals surface area contributed by atoms with E-state index in [1.807, 2.05) is 44.2 Å². The van der Waals surface area contributed by atoms with Crippen LogP contribution in [0.25, 0.3) is 0 Å². The molecule has 33 heavy (non-hydrogen) atoms. The van der Waals surface area contributed by atoms with E-state index in [0.717, 1.165) is 34.7 Å². The van der Waals surface area contributed by atoms with Crippen LogP contribution >= 0.6 is 0 Å². The average molecular weight is 478 g/mol. The number of halogens is 1. The second-order valence-corrected chi connectivity index (χ2v) is 9.97. The van der Waals surface area contributed by atoms with Gasteiger partial charge in [-0.15, -0.1) is 0 Å². The van der Waals surface area contributed by atoms with E-state index in [-0.39, 0.29) is 24.2 Å². The molecule has 9 heteroatoms. The summed E-state index contributed by atoms with van der Waals surface area (Å²) in [6.45, 7) is 5.18. The van der Waals surface area contributed by atoms with Crippen LogP contribution in [0.5, 0.6) is 0 Å². The minimum atomic E-state index is -3.83. The summed E-state index contributed by atoms with van der Waals surface area (Å²) in [6, 6.07) is 13.5. The zero-order chi connectivity index (χ0) is 24.6. The van der Waals surface area contributed by atoms with E-state index < -0.39 is 34.3 Å². The molecule has 0 aromatic heterocycles. The number of hydrogen-bond acceptors (Lipinski definition) is 4. The molecule has 0 saturated heterocycles. The van der Waals surface area contributed by atoms with E-state index in [2.05, 4.69) is 5.32 Å². The molecule has 0 bridgehead atoms. The Kier molecular flexibility index (Phi) is 9.40. The molecular formula is C24H32FN3O4S. The molecule has 0 spiro atoms. The molecule has 2 aromatic carbocycles. The maximum absolute atomic E-state index is 13.3. The maximum atomic E-state index is 13.3. The van der Waals surface area contributed by atoms with Gasteiger partial charge in [0.05, 0.1) is 11.9 Å². The summed E-state index contributed by atoms with van der Waals surface area (Å²) in [4.78, 5) is 27.5. The summed E-state index contributed by atoms with van der Waals surface area (Å²) >= 11 is 0. The SMILES string of the molecule is CC[C@H](C)NC(=O)[C@@H](C)N(CCc1ccccc1)C(=O)CN(c1ccc(F)cc1)S(C)(=O)=O. The van der Waals surface area contributed by atoms with Gasteiger partial charge in [-0.25, -0.2) is 12.8 Å². The standard InChI is InChI=1S/C24H32FN3O4S/c1-5-18(2)26-24(30)19(3)27(16-15-20-9-7-6-8-10-20)23(29)17-28(33(4,31)32)22-13-11-21(25)12-14-22/h6-14,18-19H,5,15-17H2,1-4H3,(H,26,30)/t18-,19+/m0/s1. The quantitative estimate of drug-likeness (QED) is 0.539. The van der Waals surface area contributed by atoms with E-state index in [1.165, 1.54) is 17.0 Å². The third kappa shape index (κ3) is 7.85. The molecule has 1 N–H and O–H groups in total. The molecule has 0 heterocycles. The van der Waals surface area contributed by atoms with Crippen molar-refractivity contribution in [3.8, 4) is 0 Å². The summed E-state index contributed by atoms with van der Waals surface area (Å²) in [5, 5.41) is 2.88. The predicted molar refractivity (Wildman–Crippen MR) is 128 cm³/mol. The number of nitrogens with one attached hydrogen (secondary N) is 1. The summed E-state index contributed by atoms with van der Waals surface area (Å²) in [5.41, 5.74) is 1.16. The molecule has 0 aliphatic rings. The van der Waals surface area contributed by atoms with Crippen molar-refractivity contribution in [3.63, 3.8) is 0 Å². The molecule has 0 radical (unpaired) electrons. The topological polar surface area (TPSA) is 86.8 Å². The third-order valence-electron chi connectivity index (χ3n) is 5.45. The fraction of sp³-hybridized carbons (Fsp3) is 0.417. The van der Waals surface area contributed by atoms with Crippen LogP contribution in [-0.2, 0) is 26.0 Å². The first-order chi connectivity index (χ1) is 15.5. The number of hydrogen-bond donors (Lipinski definition) is 1. The number of anilines is 1. The van der Waals surface area contributed by atoms with Crippen molar-refractivity contribution in [1.29, 1.82) is 0 Å². The van der Waals surface area contributed by atoms with E-state index in [9.17, 15) is 22.4 Å². The van der Waals surface area contributed by atoms with E-state index in [1.54, 1.807) is 6.92 Å². The number of benzene rings is 2. The molecule has 2 amide bonds. The third-order valence-corrected chi connectivity index (χ3v) is 6.59. The van der Waals surface area contributed by atoms with Crippen molar-refractivity contribution in [2.75, 3.05) is 23.7 Å². The molecule has 0 unspecified atom stereocenters. The Balaban J connectivity index is 2.29. The highest BCUT2D eigenvalue weighted by Gasteiger charge is 2.30. The van der Waals surface area contributed by atoms with Crippen molar-refractivity contribution in [3.05, 3.63) is 66.0 Å². The predicted octanol–water partition coefficient (Wildman–Crippen LogP) is 2.97. The zero-order valence-electron chi connectivity index (χ0n) is 19.5. The Labute approximate surface area is 195 Å². The lowest BCUT2D eigenvalue weighted by atomic mass is 10.1. The van der Waals surface area contributed by atoms with Gasteiger partial charge >= 0.3 is 0 Å². The first-order valence-electron chi connectivity index (χ1n) is 10.9. The number of sulfonamides is 1. The van der Waals surface area contributed by atoms with Crippen molar-refractivity contribution in [2.45, 2.75) is 45.7 Å². The van der Waals surface area contributed by atoms with Gasteiger partial charge in [0.15, 0.2) is 0 Å². The highest BCUT2D eigenvalue weighted by atomic mass is 32.2. The second kappa shape index (κ2) is 11.8. The van der Waals surface area contributed by atoms with Crippen LogP contribution in [0, 0.1) is 5.82 Å². The lowest BCUT2D eigenvalue weighted by Crippen LogP contribution is -2.53. The van der Waals surface area contributed by atoms with Crippen LogP contribution < -0.4 is 9.62 Å². The minimum absolute atomic E-state index is 0.0576. The molecule has 0 aliphatic carbocycles. The molecular weight excluding hydrogens is 445 g/mol. The Morgan fingerprint density at radius 1 is 1.03 bits per heavy atom. The van der Waals surface area contributed by atoms with Crippen molar-refractivity contribution < 1.29 is 22.4 Å². The van der Waals surface area contributed by atoms with Gasteiger partial charge in [-0.2, -0.15) is 0 Å². The first kappa shape index (κ1) is 26.3. The summed E-state index contributed by atoms with van der Waals surface area (Å²) < 4.78 is 39.1. The lowest BCUT2D eigenvalue weighted by Gasteiger charge is -2.32. The Morgan fingerprint density at radius 2 is 1.64 bits per heavy atom. The van der Waals surface area contributed by atoms with Crippen LogP contribution in [0.1, 0.15) is 32.8 Å². The number of nitrogens with zero attached hydrogens (tertiary/aromatic N) is 2.